The summed E-state index contributed by atoms with van der Waals surface area (Å²) in [7, 11) is 0. The fourth-order valence-corrected chi connectivity index (χ4v) is 3.90. The van der Waals surface area contributed by atoms with Gasteiger partial charge in [-0.1, -0.05) is 19.3 Å². The summed E-state index contributed by atoms with van der Waals surface area (Å²) in [4.78, 5) is 13.6. The molecule has 2 aromatic heterocycles. The molecule has 0 bridgehead atoms. The van der Waals surface area contributed by atoms with E-state index >= 15 is 0 Å². The lowest BCUT2D eigenvalue weighted by Gasteiger charge is -2.24. The second-order valence-corrected chi connectivity index (χ2v) is 6.70. The van der Waals surface area contributed by atoms with E-state index in [1.54, 1.807) is 0 Å². The Labute approximate surface area is 135 Å². The van der Waals surface area contributed by atoms with Crippen molar-refractivity contribution in [3.63, 3.8) is 0 Å². The lowest BCUT2D eigenvalue weighted by molar-refractivity contribution is -0.0298. The van der Waals surface area contributed by atoms with Crippen LogP contribution in [0.4, 0.5) is 0 Å². The molecule has 2 fully saturated rings. The molecule has 0 amide bonds. The van der Waals surface area contributed by atoms with E-state index < -0.39 is 0 Å². The summed E-state index contributed by atoms with van der Waals surface area (Å²) in [5, 5.41) is 0.325. The summed E-state index contributed by atoms with van der Waals surface area (Å²) in [6.07, 6.45) is 11.4. The number of rotatable bonds is 2. The van der Waals surface area contributed by atoms with Crippen LogP contribution in [0.25, 0.3) is 11.2 Å². The first kappa shape index (κ1) is 14.4. The first-order chi connectivity index (χ1) is 10.8. The van der Waals surface area contributed by atoms with Gasteiger partial charge in [0.15, 0.2) is 5.65 Å². The number of imidazole rings is 1. The van der Waals surface area contributed by atoms with Gasteiger partial charge in [-0.15, -0.1) is 0 Å². The monoisotopic (exact) mass is 320 g/mol. The van der Waals surface area contributed by atoms with Crippen molar-refractivity contribution in [3.8, 4) is 0 Å². The van der Waals surface area contributed by atoms with E-state index in [1.165, 1.54) is 38.5 Å². The van der Waals surface area contributed by atoms with Gasteiger partial charge in [0.25, 0.3) is 0 Å². The van der Waals surface area contributed by atoms with Crippen molar-refractivity contribution < 1.29 is 4.74 Å². The maximum Gasteiger partial charge on any atom is 0.224 e. The van der Waals surface area contributed by atoms with Gasteiger partial charge >= 0.3 is 0 Å². The van der Waals surface area contributed by atoms with E-state index in [-0.39, 0.29) is 6.23 Å². The third kappa shape index (κ3) is 2.61. The van der Waals surface area contributed by atoms with Crippen LogP contribution in [0.2, 0.25) is 5.28 Å². The van der Waals surface area contributed by atoms with E-state index in [1.807, 2.05) is 10.9 Å². The zero-order chi connectivity index (χ0) is 14.9. The SMILES string of the molecule is Clc1nc(C2CCCCC2)c2ncn(C3CCCCO3)c2n1. The molecule has 3 heterocycles. The summed E-state index contributed by atoms with van der Waals surface area (Å²) in [6, 6.07) is 0. The standard InChI is InChI=1S/C16H21ClN4O/c17-16-19-13(11-6-2-1-3-7-11)14-15(20-16)21(10-18-14)12-8-4-5-9-22-12/h10-12H,1-9H2. The normalized spacial score (nSPS) is 24.0. The fraction of sp³-hybridized carbons (Fsp3) is 0.688. The van der Waals surface area contributed by atoms with Crippen molar-refractivity contribution in [2.24, 2.45) is 0 Å². The molecule has 118 valence electrons. The van der Waals surface area contributed by atoms with Crippen molar-refractivity contribution in [1.29, 1.82) is 0 Å². The molecule has 1 unspecified atom stereocenters. The molecule has 0 aromatic carbocycles. The number of nitrogens with zero attached hydrogens (tertiary/aromatic N) is 4. The molecule has 0 radical (unpaired) electrons. The topological polar surface area (TPSA) is 52.8 Å². The Hall–Kier alpha value is -1.20. The van der Waals surface area contributed by atoms with Gasteiger partial charge in [0.05, 0.1) is 12.0 Å². The molecule has 2 aromatic rings. The summed E-state index contributed by atoms with van der Waals surface area (Å²) in [5.74, 6) is 0.465. The number of halogens is 1. The second-order valence-electron chi connectivity index (χ2n) is 6.36. The van der Waals surface area contributed by atoms with Gasteiger partial charge < -0.3 is 4.74 Å². The molecular weight excluding hydrogens is 300 g/mol. The van der Waals surface area contributed by atoms with Gasteiger partial charge in [0, 0.05) is 12.5 Å². The molecule has 4 rings (SSSR count). The third-order valence-electron chi connectivity index (χ3n) is 4.88. The van der Waals surface area contributed by atoms with E-state index in [0.717, 1.165) is 36.3 Å². The minimum atomic E-state index is 0.0314. The predicted molar refractivity (Wildman–Crippen MR) is 85.0 cm³/mol. The lowest BCUT2D eigenvalue weighted by Crippen LogP contribution is -2.18. The largest absolute Gasteiger partial charge is 0.358 e. The minimum Gasteiger partial charge on any atom is -0.358 e. The van der Waals surface area contributed by atoms with Crippen LogP contribution in [-0.4, -0.2) is 26.1 Å². The maximum absolute atomic E-state index is 6.21. The molecule has 1 aliphatic carbocycles. The fourth-order valence-electron chi connectivity index (χ4n) is 3.73. The average molecular weight is 321 g/mol. The third-order valence-corrected chi connectivity index (χ3v) is 5.05. The summed E-state index contributed by atoms with van der Waals surface area (Å²) in [6.45, 7) is 0.804. The van der Waals surface area contributed by atoms with Crippen molar-refractivity contribution in [2.45, 2.75) is 63.5 Å². The van der Waals surface area contributed by atoms with Gasteiger partial charge in [-0.25, -0.2) is 9.97 Å². The molecule has 2 aliphatic rings. The number of ether oxygens (including phenoxy) is 1. The molecule has 0 spiro atoms. The van der Waals surface area contributed by atoms with Crippen LogP contribution in [0.3, 0.4) is 0 Å². The Bertz CT molecular complexity index is 659. The molecule has 1 aliphatic heterocycles. The highest BCUT2D eigenvalue weighted by atomic mass is 35.5. The van der Waals surface area contributed by atoms with Crippen LogP contribution in [0.15, 0.2) is 6.33 Å². The van der Waals surface area contributed by atoms with E-state index in [4.69, 9.17) is 16.3 Å². The molecule has 22 heavy (non-hydrogen) atoms. The van der Waals surface area contributed by atoms with Crippen LogP contribution >= 0.6 is 11.6 Å². The minimum absolute atomic E-state index is 0.0314. The Balaban J connectivity index is 1.76. The van der Waals surface area contributed by atoms with E-state index in [2.05, 4.69) is 15.0 Å². The van der Waals surface area contributed by atoms with Crippen LogP contribution in [0.1, 0.15) is 69.2 Å². The van der Waals surface area contributed by atoms with Gasteiger partial charge in [0.1, 0.15) is 11.7 Å². The second kappa shape index (κ2) is 6.13. The summed E-state index contributed by atoms with van der Waals surface area (Å²) >= 11 is 6.21. The van der Waals surface area contributed by atoms with Crippen LogP contribution in [0.5, 0.6) is 0 Å². The highest BCUT2D eigenvalue weighted by Gasteiger charge is 2.25. The Morgan fingerprint density at radius 3 is 2.64 bits per heavy atom. The van der Waals surface area contributed by atoms with Crippen LogP contribution in [0, 0.1) is 0 Å². The highest BCUT2D eigenvalue weighted by molar-refractivity contribution is 6.28. The Kier molecular flexibility index (Phi) is 4.01. The average Bonchev–Trinajstić information content (AvgIpc) is 2.99. The number of hydrogen-bond acceptors (Lipinski definition) is 4. The summed E-state index contributed by atoms with van der Waals surface area (Å²) in [5.41, 5.74) is 2.77. The molecule has 1 saturated heterocycles. The van der Waals surface area contributed by atoms with Gasteiger partial charge in [0.2, 0.25) is 5.28 Å². The quantitative estimate of drug-likeness (QED) is 0.777. The first-order valence-electron chi connectivity index (χ1n) is 8.34. The van der Waals surface area contributed by atoms with E-state index in [9.17, 15) is 0 Å². The van der Waals surface area contributed by atoms with Gasteiger partial charge in [-0.3, -0.25) is 4.57 Å². The molecule has 0 N–H and O–H groups in total. The van der Waals surface area contributed by atoms with Crippen molar-refractivity contribution >= 4 is 22.8 Å². The Morgan fingerprint density at radius 2 is 1.86 bits per heavy atom. The molecule has 5 nitrogen and oxygen atoms in total. The number of fused-ring (bicyclic) bond motifs is 1. The Morgan fingerprint density at radius 1 is 1.05 bits per heavy atom. The molecule has 1 atom stereocenters. The molecule has 6 heteroatoms. The zero-order valence-electron chi connectivity index (χ0n) is 12.7. The lowest BCUT2D eigenvalue weighted by atomic mass is 9.86. The predicted octanol–water partition coefficient (Wildman–Crippen LogP) is 4.23. The van der Waals surface area contributed by atoms with Gasteiger partial charge in [-0.2, -0.15) is 4.98 Å². The molecular formula is C16H21ClN4O. The van der Waals surface area contributed by atoms with Crippen LogP contribution < -0.4 is 0 Å². The van der Waals surface area contributed by atoms with Crippen molar-refractivity contribution in [1.82, 2.24) is 19.5 Å². The van der Waals surface area contributed by atoms with Crippen LogP contribution in [-0.2, 0) is 4.74 Å². The molecule has 1 saturated carbocycles. The number of hydrogen-bond donors (Lipinski definition) is 0. The number of aromatic nitrogens is 4. The first-order valence-corrected chi connectivity index (χ1v) is 8.72. The van der Waals surface area contributed by atoms with Gasteiger partial charge in [-0.05, 0) is 43.7 Å². The van der Waals surface area contributed by atoms with E-state index in [0.29, 0.717) is 11.2 Å². The maximum atomic E-state index is 6.21. The van der Waals surface area contributed by atoms with Crippen molar-refractivity contribution in [2.75, 3.05) is 6.61 Å². The zero-order valence-corrected chi connectivity index (χ0v) is 13.4. The smallest absolute Gasteiger partial charge is 0.224 e. The van der Waals surface area contributed by atoms with Crippen molar-refractivity contribution in [3.05, 3.63) is 17.3 Å². The summed E-state index contributed by atoms with van der Waals surface area (Å²) < 4.78 is 7.91. The highest BCUT2D eigenvalue weighted by Crippen LogP contribution is 2.36.